The van der Waals surface area contributed by atoms with Crippen LogP contribution in [-0.2, 0) is 0 Å². The van der Waals surface area contributed by atoms with Gasteiger partial charge in [0.1, 0.15) is 11.6 Å². The van der Waals surface area contributed by atoms with Gasteiger partial charge >= 0.3 is 0 Å². The second-order valence-electron chi connectivity index (χ2n) is 4.43. The lowest BCUT2D eigenvalue weighted by Gasteiger charge is -2.08. The minimum absolute atomic E-state index is 0.134. The van der Waals surface area contributed by atoms with Gasteiger partial charge in [-0.15, -0.1) is 0 Å². The first-order valence-corrected chi connectivity index (χ1v) is 7.35. The maximum atomic E-state index is 13.6. The van der Waals surface area contributed by atoms with Crippen LogP contribution in [0.5, 0.6) is 0 Å². The fourth-order valence-corrected chi connectivity index (χ4v) is 2.07. The Morgan fingerprint density at radius 2 is 2.14 bits per heavy atom. The number of carbonyl (C=O) groups is 1. The molecule has 0 radical (unpaired) electrons. The Balaban J connectivity index is 2.14. The first-order valence-electron chi connectivity index (χ1n) is 6.56. The molecule has 1 aromatic carbocycles. The molecule has 0 aliphatic heterocycles. The van der Waals surface area contributed by atoms with E-state index in [1.165, 1.54) is 12.1 Å². The summed E-state index contributed by atoms with van der Waals surface area (Å²) in [7, 11) is 0. The monoisotopic (exact) mass is 351 g/mol. The van der Waals surface area contributed by atoms with E-state index in [0.29, 0.717) is 15.9 Å². The largest absolute Gasteiger partial charge is 0.370 e. The van der Waals surface area contributed by atoms with Crippen molar-refractivity contribution in [1.29, 1.82) is 0 Å². The highest BCUT2D eigenvalue weighted by Crippen LogP contribution is 2.21. The van der Waals surface area contributed by atoms with Crippen LogP contribution < -0.4 is 10.6 Å². The van der Waals surface area contributed by atoms with Gasteiger partial charge in [0.05, 0.1) is 5.69 Å². The van der Waals surface area contributed by atoms with Crippen molar-refractivity contribution in [3.8, 4) is 0 Å². The minimum Gasteiger partial charge on any atom is -0.370 e. The number of hydrogen-bond acceptors (Lipinski definition) is 3. The zero-order chi connectivity index (χ0) is 15.2. The molecule has 6 heteroatoms. The van der Waals surface area contributed by atoms with E-state index in [1.807, 2.05) is 6.92 Å². The molecule has 1 aromatic heterocycles. The van der Waals surface area contributed by atoms with E-state index in [0.717, 1.165) is 13.0 Å². The van der Waals surface area contributed by atoms with Crippen LogP contribution in [0.2, 0.25) is 0 Å². The number of rotatable bonds is 5. The van der Waals surface area contributed by atoms with E-state index in [1.54, 1.807) is 24.4 Å². The summed E-state index contributed by atoms with van der Waals surface area (Å²) in [5.74, 6) is -0.238. The van der Waals surface area contributed by atoms with Crippen molar-refractivity contribution in [2.45, 2.75) is 13.3 Å². The molecule has 2 N–H and O–H groups in total. The molecular formula is C15H15BrFN3O. The minimum atomic E-state index is -0.482. The Morgan fingerprint density at radius 3 is 2.90 bits per heavy atom. The van der Waals surface area contributed by atoms with Gasteiger partial charge in [-0.25, -0.2) is 9.37 Å². The lowest BCUT2D eigenvalue weighted by Crippen LogP contribution is -2.14. The van der Waals surface area contributed by atoms with Crippen LogP contribution >= 0.6 is 15.9 Å². The molecule has 0 atom stereocenters. The van der Waals surface area contributed by atoms with Crippen molar-refractivity contribution < 1.29 is 9.18 Å². The molecule has 2 aromatic rings. The fourth-order valence-electron chi connectivity index (χ4n) is 1.71. The normalized spacial score (nSPS) is 10.2. The van der Waals surface area contributed by atoms with Gasteiger partial charge in [-0.05, 0) is 36.8 Å². The Hall–Kier alpha value is -1.95. The van der Waals surface area contributed by atoms with E-state index in [-0.39, 0.29) is 11.6 Å². The molecule has 1 amide bonds. The Kier molecular flexibility index (Phi) is 5.27. The molecule has 0 fully saturated rings. The summed E-state index contributed by atoms with van der Waals surface area (Å²) in [5.41, 5.74) is 0.553. The average Bonchev–Trinajstić information content (AvgIpc) is 2.49. The predicted octanol–water partition coefficient (Wildman–Crippen LogP) is 4.06. The zero-order valence-electron chi connectivity index (χ0n) is 11.5. The van der Waals surface area contributed by atoms with Gasteiger partial charge in [0.2, 0.25) is 0 Å². The first-order chi connectivity index (χ1) is 10.1. The molecule has 0 saturated carbocycles. The molecule has 0 aliphatic rings. The molecule has 0 spiro atoms. The number of hydrogen-bond donors (Lipinski definition) is 2. The summed E-state index contributed by atoms with van der Waals surface area (Å²) in [4.78, 5) is 16.3. The van der Waals surface area contributed by atoms with Crippen LogP contribution in [0.3, 0.4) is 0 Å². The van der Waals surface area contributed by atoms with Crippen molar-refractivity contribution in [3.05, 3.63) is 52.4 Å². The van der Waals surface area contributed by atoms with Gasteiger partial charge in [-0.2, -0.15) is 0 Å². The maximum absolute atomic E-state index is 13.6. The van der Waals surface area contributed by atoms with Crippen molar-refractivity contribution in [2.75, 3.05) is 17.2 Å². The number of halogens is 2. The van der Waals surface area contributed by atoms with E-state index < -0.39 is 5.82 Å². The molecule has 4 nitrogen and oxygen atoms in total. The van der Waals surface area contributed by atoms with Crippen molar-refractivity contribution in [2.24, 2.45) is 0 Å². The fraction of sp³-hybridized carbons (Fsp3) is 0.200. The Bertz CT molecular complexity index is 649. The summed E-state index contributed by atoms with van der Waals surface area (Å²) in [6.07, 6.45) is 2.51. The lowest BCUT2D eigenvalue weighted by molar-refractivity contribution is 0.102. The van der Waals surface area contributed by atoms with Crippen LogP contribution in [-0.4, -0.2) is 17.4 Å². The highest BCUT2D eigenvalue weighted by atomic mass is 79.9. The third-order valence-corrected chi connectivity index (χ3v) is 3.25. The van der Waals surface area contributed by atoms with Crippen molar-refractivity contribution in [1.82, 2.24) is 4.98 Å². The second-order valence-corrected chi connectivity index (χ2v) is 5.35. The van der Waals surface area contributed by atoms with Crippen LogP contribution in [0.15, 0.2) is 41.0 Å². The number of nitrogens with zero attached hydrogens (tertiary/aromatic N) is 1. The van der Waals surface area contributed by atoms with Crippen LogP contribution in [0.1, 0.15) is 23.7 Å². The third-order valence-electron chi connectivity index (χ3n) is 2.75. The zero-order valence-corrected chi connectivity index (χ0v) is 13.1. The topological polar surface area (TPSA) is 54.0 Å². The van der Waals surface area contributed by atoms with Crippen LogP contribution in [0.4, 0.5) is 15.9 Å². The number of nitrogens with one attached hydrogen (secondary N) is 2. The molecule has 1 heterocycles. The molecule has 0 unspecified atom stereocenters. The first kappa shape index (κ1) is 15.4. The van der Waals surface area contributed by atoms with E-state index >= 15 is 0 Å². The number of benzene rings is 1. The second kappa shape index (κ2) is 7.17. The SMILES string of the molecule is CCCNc1cc(C(=O)Nc2cc(Br)ccc2F)ccn1. The highest BCUT2D eigenvalue weighted by Gasteiger charge is 2.10. The molecule has 21 heavy (non-hydrogen) atoms. The number of aromatic nitrogens is 1. The molecule has 2 rings (SSSR count). The molecule has 110 valence electrons. The van der Waals surface area contributed by atoms with Gasteiger partial charge < -0.3 is 10.6 Å². The number of carbonyl (C=O) groups excluding carboxylic acids is 1. The Labute approximate surface area is 130 Å². The number of pyridine rings is 1. The van der Waals surface area contributed by atoms with Crippen molar-refractivity contribution >= 4 is 33.3 Å². The molecule has 0 saturated heterocycles. The van der Waals surface area contributed by atoms with E-state index in [4.69, 9.17) is 0 Å². The van der Waals surface area contributed by atoms with E-state index in [9.17, 15) is 9.18 Å². The van der Waals surface area contributed by atoms with Gasteiger partial charge in [-0.3, -0.25) is 4.79 Å². The Morgan fingerprint density at radius 1 is 1.33 bits per heavy atom. The smallest absolute Gasteiger partial charge is 0.255 e. The van der Waals surface area contributed by atoms with Gasteiger partial charge in [0.25, 0.3) is 5.91 Å². The number of anilines is 2. The highest BCUT2D eigenvalue weighted by molar-refractivity contribution is 9.10. The third kappa shape index (κ3) is 4.26. The molecular weight excluding hydrogens is 337 g/mol. The van der Waals surface area contributed by atoms with Gasteiger partial charge in [0, 0.05) is 22.8 Å². The van der Waals surface area contributed by atoms with Crippen LogP contribution in [0, 0.1) is 5.82 Å². The van der Waals surface area contributed by atoms with Gasteiger partial charge in [0.15, 0.2) is 0 Å². The predicted molar refractivity (Wildman–Crippen MR) is 85.1 cm³/mol. The summed E-state index contributed by atoms with van der Waals surface area (Å²) in [6, 6.07) is 7.61. The summed E-state index contributed by atoms with van der Waals surface area (Å²) >= 11 is 3.24. The van der Waals surface area contributed by atoms with Gasteiger partial charge in [-0.1, -0.05) is 22.9 Å². The maximum Gasteiger partial charge on any atom is 0.255 e. The quantitative estimate of drug-likeness (QED) is 0.853. The van der Waals surface area contributed by atoms with Crippen LogP contribution in [0.25, 0.3) is 0 Å². The summed E-state index contributed by atoms with van der Waals surface area (Å²) in [6.45, 7) is 2.82. The summed E-state index contributed by atoms with van der Waals surface area (Å²) in [5, 5.41) is 5.65. The van der Waals surface area contributed by atoms with E-state index in [2.05, 4.69) is 31.5 Å². The standard InChI is InChI=1S/C15H15BrFN3O/c1-2-6-18-14-8-10(5-7-19-14)15(21)20-13-9-11(16)3-4-12(13)17/h3-5,7-9H,2,6H2,1H3,(H,18,19)(H,20,21). The van der Waals surface area contributed by atoms with Crippen molar-refractivity contribution in [3.63, 3.8) is 0 Å². The summed E-state index contributed by atoms with van der Waals surface area (Å²) < 4.78 is 14.3. The molecule has 0 bridgehead atoms. The lowest BCUT2D eigenvalue weighted by atomic mass is 10.2. The number of amides is 1. The molecule has 0 aliphatic carbocycles. The average molecular weight is 352 g/mol.